The Morgan fingerprint density at radius 2 is 2.20 bits per heavy atom. The molecule has 8 heteroatoms. The van der Waals surface area contributed by atoms with Gasteiger partial charge >= 0.3 is 0 Å². The van der Waals surface area contributed by atoms with Gasteiger partial charge in [0.25, 0.3) is 0 Å². The van der Waals surface area contributed by atoms with E-state index in [4.69, 9.17) is 0 Å². The molecular formula is C17H18N6OS. The summed E-state index contributed by atoms with van der Waals surface area (Å²) in [6.07, 6.45) is 4.34. The van der Waals surface area contributed by atoms with Gasteiger partial charge in [0.15, 0.2) is 5.65 Å². The largest absolute Gasteiger partial charge is 0.354 e. The molecule has 0 unspecified atom stereocenters. The first-order valence-electron chi connectivity index (χ1n) is 8.42. The third-order valence-electron chi connectivity index (χ3n) is 5.16. The van der Waals surface area contributed by atoms with Crippen LogP contribution in [0.1, 0.15) is 10.4 Å². The molecule has 128 valence electrons. The predicted octanol–water partition coefficient (Wildman–Crippen LogP) is 1.45. The lowest BCUT2D eigenvalue weighted by Gasteiger charge is -2.42. The van der Waals surface area contributed by atoms with E-state index < -0.39 is 0 Å². The number of anilines is 1. The van der Waals surface area contributed by atoms with Crippen molar-refractivity contribution in [3.8, 4) is 0 Å². The Kier molecular flexibility index (Phi) is 3.27. The second-order valence-electron chi connectivity index (χ2n) is 6.68. The highest BCUT2D eigenvalue weighted by molar-refractivity contribution is 7.10. The third-order valence-corrected chi connectivity index (χ3v) is 6.18. The Balaban J connectivity index is 1.29. The molecule has 2 aliphatic heterocycles. The van der Waals surface area contributed by atoms with E-state index in [1.54, 1.807) is 28.5 Å². The highest BCUT2D eigenvalue weighted by Gasteiger charge is 2.37. The van der Waals surface area contributed by atoms with Crippen molar-refractivity contribution >= 4 is 34.1 Å². The molecule has 3 aromatic rings. The van der Waals surface area contributed by atoms with Crippen LogP contribution in [-0.2, 0) is 24.8 Å². The first-order chi connectivity index (χ1) is 12.2. The average Bonchev–Trinajstić information content (AvgIpc) is 3.20. The number of aryl methyl sites for hydroxylation is 1. The second kappa shape index (κ2) is 5.52. The van der Waals surface area contributed by atoms with Gasteiger partial charge in [0.2, 0.25) is 5.91 Å². The van der Waals surface area contributed by atoms with E-state index in [-0.39, 0.29) is 11.8 Å². The van der Waals surface area contributed by atoms with Crippen LogP contribution < -0.4 is 4.90 Å². The summed E-state index contributed by atoms with van der Waals surface area (Å²) in [5.74, 6) is 1.20. The summed E-state index contributed by atoms with van der Waals surface area (Å²) < 4.78 is 1.75. The lowest BCUT2D eigenvalue weighted by molar-refractivity contribution is -0.137. The van der Waals surface area contributed by atoms with Crippen LogP contribution in [0.15, 0.2) is 24.0 Å². The van der Waals surface area contributed by atoms with E-state index in [1.807, 2.05) is 11.9 Å². The van der Waals surface area contributed by atoms with Crippen molar-refractivity contribution in [2.24, 2.45) is 13.0 Å². The third kappa shape index (κ3) is 2.31. The van der Waals surface area contributed by atoms with Crippen LogP contribution in [-0.4, -0.2) is 50.2 Å². The van der Waals surface area contributed by atoms with Gasteiger partial charge in [-0.3, -0.25) is 9.48 Å². The van der Waals surface area contributed by atoms with Crippen molar-refractivity contribution in [2.45, 2.75) is 13.0 Å². The van der Waals surface area contributed by atoms with Gasteiger partial charge in [0.05, 0.1) is 17.5 Å². The smallest absolute Gasteiger partial charge is 0.229 e. The molecule has 1 fully saturated rings. The molecule has 0 radical (unpaired) electrons. The molecule has 0 saturated carbocycles. The lowest BCUT2D eigenvalue weighted by Crippen LogP contribution is -2.55. The number of nitrogens with zero attached hydrogens (tertiary/aromatic N) is 6. The Hall–Kier alpha value is -2.48. The molecule has 1 saturated heterocycles. The maximum atomic E-state index is 12.8. The molecular weight excluding hydrogens is 336 g/mol. The molecule has 7 nitrogen and oxygen atoms in total. The summed E-state index contributed by atoms with van der Waals surface area (Å²) in [7, 11) is 1.87. The number of amides is 1. The second-order valence-corrected chi connectivity index (χ2v) is 7.68. The zero-order chi connectivity index (χ0) is 17.0. The zero-order valence-corrected chi connectivity index (χ0v) is 14.7. The van der Waals surface area contributed by atoms with Crippen LogP contribution in [0.3, 0.4) is 0 Å². The van der Waals surface area contributed by atoms with Gasteiger partial charge < -0.3 is 9.80 Å². The number of hydrogen-bond acceptors (Lipinski definition) is 6. The minimum Gasteiger partial charge on any atom is -0.354 e. The molecule has 0 N–H and O–H groups in total. The fourth-order valence-corrected chi connectivity index (χ4v) is 4.59. The van der Waals surface area contributed by atoms with E-state index in [2.05, 4.69) is 31.4 Å². The van der Waals surface area contributed by atoms with Gasteiger partial charge in [-0.05, 0) is 23.4 Å². The average molecular weight is 354 g/mol. The van der Waals surface area contributed by atoms with Crippen molar-refractivity contribution in [3.63, 3.8) is 0 Å². The number of fused-ring (bicyclic) bond motifs is 2. The molecule has 2 aliphatic rings. The number of carbonyl (C=O) groups excluding carboxylic acids is 1. The molecule has 5 rings (SSSR count). The summed E-state index contributed by atoms with van der Waals surface area (Å²) in [6.45, 7) is 3.03. The minimum absolute atomic E-state index is 0.0573. The Labute approximate surface area is 148 Å². The van der Waals surface area contributed by atoms with Crippen molar-refractivity contribution in [1.29, 1.82) is 0 Å². The van der Waals surface area contributed by atoms with Crippen LogP contribution in [0.5, 0.6) is 0 Å². The fourth-order valence-electron chi connectivity index (χ4n) is 3.70. The van der Waals surface area contributed by atoms with Crippen molar-refractivity contribution in [3.05, 3.63) is 34.4 Å². The van der Waals surface area contributed by atoms with Crippen LogP contribution >= 0.6 is 11.3 Å². The van der Waals surface area contributed by atoms with E-state index in [0.29, 0.717) is 13.1 Å². The number of rotatable bonds is 2. The number of hydrogen-bond donors (Lipinski definition) is 0. The molecule has 0 bridgehead atoms. The SMILES string of the molecule is Cn1ncc2c(N3CC(C(=O)N4CCc5sccc5C4)C3)ncnc21. The molecule has 0 aromatic carbocycles. The monoisotopic (exact) mass is 354 g/mol. The highest BCUT2D eigenvalue weighted by atomic mass is 32.1. The van der Waals surface area contributed by atoms with Crippen LogP contribution in [0.2, 0.25) is 0 Å². The fraction of sp³-hybridized carbons (Fsp3) is 0.412. The van der Waals surface area contributed by atoms with E-state index in [1.165, 1.54) is 10.4 Å². The molecule has 25 heavy (non-hydrogen) atoms. The highest BCUT2D eigenvalue weighted by Crippen LogP contribution is 2.31. The van der Waals surface area contributed by atoms with Crippen molar-refractivity contribution in [2.75, 3.05) is 24.5 Å². The quantitative estimate of drug-likeness (QED) is 0.697. The topological polar surface area (TPSA) is 67.2 Å². The molecule has 0 atom stereocenters. The number of aromatic nitrogens is 4. The minimum atomic E-state index is 0.0573. The molecule has 0 aliphatic carbocycles. The van der Waals surface area contributed by atoms with E-state index in [0.717, 1.165) is 36.4 Å². The number of carbonyl (C=O) groups is 1. The Bertz CT molecular complexity index is 957. The summed E-state index contributed by atoms with van der Waals surface area (Å²) in [4.78, 5) is 27.1. The Morgan fingerprint density at radius 3 is 3.08 bits per heavy atom. The van der Waals surface area contributed by atoms with Gasteiger partial charge in [-0.2, -0.15) is 5.10 Å². The van der Waals surface area contributed by atoms with Gasteiger partial charge in [-0.1, -0.05) is 0 Å². The molecule has 0 spiro atoms. The maximum Gasteiger partial charge on any atom is 0.229 e. The van der Waals surface area contributed by atoms with E-state index in [9.17, 15) is 4.79 Å². The standard InChI is InChI=1S/C17H18N6OS/c1-21-15-13(6-20-21)16(19-10-18-15)23-8-12(9-23)17(24)22-4-2-14-11(7-22)3-5-25-14/h3,5-6,10,12H,2,4,7-9H2,1H3. The van der Waals surface area contributed by atoms with Crippen molar-refractivity contribution in [1.82, 2.24) is 24.6 Å². The van der Waals surface area contributed by atoms with Crippen LogP contribution in [0.4, 0.5) is 5.82 Å². The lowest BCUT2D eigenvalue weighted by atomic mass is 9.96. The molecule has 1 amide bonds. The first-order valence-corrected chi connectivity index (χ1v) is 9.30. The van der Waals surface area contributed by atoms with Gasteiger partial charge in [-0.25, -0.2) is 9.97 Å². The molecule has 3 aromatic heterocycles. The summed E-state index contributed by atoms with van der Waals surface area (Å²) in [6, 6.07) is 2.15. The van der Waals surface area contributed by atoms with Crippen molar-refractivity contribution < 1.29 is 4.79 Å². The summed E-state index contributed by atoms with van der Waals surface area (Å²) >= 11 is 1.80. The van der Waals surface area contributed by atoms with Crippen LogP contribution in [0.25, 0.3) is 11.0 Å². The Morgan fingerprint density at radius 1 is 1.32 bits per heavy atom. The predicted molar refractivity (Wildman–Crippen MR) is 95.4 cm³/mol. The van der Waals surface area contributed by atoms with Gasteiger partial charge in [0, 0.05) is 38.1 Å². The van der Waals surface area contributed by atoms with Crippen LogP contribution in [0, 0.1) is 5.92 Å². The summed E-state index contributed by atoms with van der Waals surface area (Å²) in [5.41, 5.74) is 2.13. The number of thiophene rings is 1. The van der Waals surface area contributed by atoms with Gasteiger partial charge in [0.1, 0.15) is 12.1 Å². The zero-order valence-electron chi connectivity index (χ0n) is 13.9. The normalized spacial score (nSPS) is 17.6. The van der Waals surface area contributed by atoms with Gasteiger partial charge in [-0.15, -0.1) is 11.3 Å². The molecule has 5 heterocycles. The first kappa shape index (κ1) is 14.8. The summed E-state index contributed by atoms with van der Waals surface area (Å²) in [5, 5.41) is 7.32. The van der Waals surface area contributed by atoms with E-state index >= 15 is 0 Å². The maximum absolute atomic E-state index is 12.8.